The summed E-state index contributed by atoms with van der Waals surface area (Å²) in [6.45, 7) is 7.45. The van der Waals surface area contributed by atoms with Gasteiger partial charge in [-0.3, -0.25) is 4.79 Å². The first kappa shape index (κ1) is 18.7. The average molecular weight is 284 g/mol. The highest BCUT2D eigenvalue weighted by Crippen LogP contribution is 2.08. The van der Waals surface area contributed by atoms with Crippen molar-refractivity contribution >= 4 is 11.9 Å². The number of carbonyl (C=O) groups is 2. The van der Waals surface area contributed by atoms with Gasteiger partial charge in [0.2, 0.25) is 0 Å². The molecule has 116 valence electrons. The van der Waals surface area contributed by atoms with Crippen molar-refractivity contribution < 1.29 is 19.1 Å². The van der Waals surface area contributed by atoms with Crippen LogP contribution in [0.5, 0.6) is 0 Å². The van der Waals surface area contributed by atoms with Crippen molar-refractivity contribution in [1.29, 1.82) is 0 Å². The second-order valence-electron chi connectivity index (χ2n) is 5.01. The van der Waals surface area contributed by atoms with Gasteiger partial charge in [-0.2, -0.15) is 0 Å². The zero-order valence-electron chi connectivity index (χ0n) is 12.9. The predicted molar refractivity (Wildman–Crippen MR) is 79.3 cm³/mol. The van der Waals surface area contributed by atoms with E-state index in [0.717, 1.165) is 12.8 Å². The molecule has 0 atom stereocenters. The fraction of sp³-hybridized carbons (Fsp3) is 0.750. The van der Waals surface area contributed by atoms with Crippen LogP contribution in [0.1, 0.15) is 65.2 Å². The van der Waals surface area contributed by atoms with Crippen LogP contribution >= 0.6 is 0 Å². The lowest BCUT2D eigenvalue weighted by molar-refractivity contribution is -0.150. The minimum atomic E-state index is -0.451. The molecule has 0 aliphatic carbocycles. The third-order valence-corrected chi connectivity index (χ3v) is 2.91. The van der Waals surface area contributed by atoms with Crippen LogP contribution in [-0.4, -0.2) is 25.2 Å². The Kier molecular flexibility index (Phi) is 11.9. The molecule has 0 aliphatic rings. The van der Waals surface area contributed by atoms with Crippen molar-refractivity contribution in [3.05, 3.63) is 12.2 Å². The van der Waals surface area contributed by atoms with Gasteiger partial charge in [-0.25, -0.2) is 4.79 Å². The van der Waals surface area contributed by atoms with E-state index in [1.807, 2.05) is 0 Å². The van der Waals surface area contributed by atoms with E-state index in [1.54, 1.807) is 6.92 Å². The summed E-state index contributed by atoms with van der Waals surface area (Å²) in [4.78, 5) is 22.4. The highest BCUT2D eigenvalue weighted by atomic mass is 16.6. The van der Waals surface area contributed by atoms with Crippen LogP contribution in [0.4, 0.5) is 0 Å². The average Bonchev–Trinajstić information content (AvgIpc) is 2.42. The van der Waals surface area contributed by atoms with Crippen molar-refractivity contribution in [1.82, 2.24) is 0 Å². The number of carbonyl (C=O) groups excluding carboxylic acids is 2. The standard InChI is InChI=1S/C16H28O4/c1-4-5-6-7-8-9-10-11-15(17)19-12-13-20-16(18)14(2)3/h2,4-13H2,1,3H3. The van der Waals surface area contributed by atoms with E-state index in [0.29, 0.717) is 12.0 Å². The third kappa shape index (κ3) is 11.8. The quantitative estimate of drug-likeness (QED) is 0.311. The first-order valence-electron chi connectivity index (χ1n) is 7.56. The summed E-state index contributed by atoms with van der Waals surface area (Å²) in [5, 5.41) is 0. The van der Waals surface area contributed by atoms with Gasteiger partial charge in [-0.1, -0.05) is 52.0 Å². The highest BCUT2D eigenvalue weighted by Gasteiger charge is 2.05. The number of ether oxygens (including phenoxy) is 2. The molecule has 0 spiro atoms. The lowest BCUT2D eigenvalue weighted by atomic mass is 10.1. The van der Waals surface area contributed by atoms with E-state index >= 15 is 0 Å². The Morgan fingerprint density at radius 3 is 2.05 bits per heavy atom. The maximum absolute atomic E-state index is 11.4. The van der Waals surface area contributed by atoms with E-state index in [4.69, 9.17) is 9.47 Å². The number of hydrogen-bond donors (Lipinski definition) is 0. The van der Waals surface area contributed by atoms with Crippen molar-refractivity contribution in [3.8, 4) is 0 Å². The van der Waals surface area contributed by atoms with Crippen molar-refractivity contribution in [3.63, 3.8) is 0 Å². The molecule has 0 amide bonds. The second-order valence-corrected chi connectivity index (χ2v) is 5.01. The molecule has 0 heterocycles. The minimum Gasteiger partial charge on any atom is -0.462 e. The van der Waals surface area contributed by atoms with E-state index in [1.165, 1.54) is 32.1 Å². The molecule has 0 rings (SSSR count). The molecule has 0 unspecified atom stereocenters. The van der Waals surface area contributed by atoms with Crippen LogP contribution in [-0.2, 0) is 19.1 Å². The summed E-state index contributed by atoms with van der Waals surface area (Å²) < 4.78 is 9.79. The predicted octanol–water partition coefficient (Wildman–Crippen LogP) is 3.79. The van der Waals surface area contributed by atoms with E-state index < -0.39 is 5.97 Å². The fourth-order valence-electron chi connectivity index (χ4n) is 1.71. The largest absolute Gasteiger partial charge is 0.462 e. The smallest absolute Gasteiger partial charge is 0.333 e. The Morgan fingerprint density at radius 1 is 0.900 bits per heavy atom. The van der Waals surface area contributed by atoms with E-state index in [2.05, 4.69) is 13.5 Å². The number of hydrogen-bond acceptors (Lipinski definition) is 4. The van der Waals surface area contributed by atoms with Gasteiger partial charge in [0, 0.05) is 12.0 Å². The van der Waals surface area contributed by atoms with Crippen molar-refractivity contribution in [2.45, 2.75) is 65.2 Å². The van der Waals surface area contributed by atoms with Gasteiger partial charge in [0.15, 0.2) is 0 Å². The SMILES string of the molecule is C=C(C)C(=O)OCCOC(=O)CCCCCCCCC. The van der Waals surface area contributed by atoms with Gasteiger partial charge in [0.1, 0.15) is 13.2 Å². The first-order chi connectivity index (χ1) is 9.57. The van der Waals surface area contributed by atoms with E-state index in [9.17, 15) is 9.59 Å². The van der Waals surface area contributed by atoms with Gasteiger partial charge in [-0.05, 0) is 13.3 Å². The monoisotopic (exact) mass is 284 g/mol. The Balaban J connectivity index is 3.33. The Morgan fingerprint density at radius 2 is 1.45 bits per heavy atom. The molecular weight excluding hydrogens is 256 g/mol. The summed E-state index contributed by atoms with van der Waals surface area (Å²) >= 11 is 0. The van der Waals surface area contributed by atoms with Gasteiger partial charge < -0.3 is 9.47 Å². The maximum Gasteiger partial charge on any atom is 0.333 e. The zero-order valence-corrected chi connectivity index (χ0v) is 12.9. The lowest BCUT2D eigenvalue weighted by Crippen LogP contribution is -2.14. The summed E-state index contributed by atoms with van der Waals surface area (Å²) in [6.07, 6.45) is 8.66. The molecule has 0 aromatic carbocycles. The van der Waals surface area contributed by atoms with Gasteiger partial charge in [-0.15, -0.1) is 0 Å². The van der Waals surface area contributed by atoms with Crippen LogP contribution < -0.4 is 0 Å². The molecule has 0 radical (unpaired) electrons. The van der Waals surface area contributed by atoms with E-state index in [-0.39, 0.29) is 19.2 Å². The zero-order chi connectivity index (χ0) is 15.2. The number of esters is 2. The summed E-state index contributed by atoms with van der Waals surface area (Å²) in [5.41, 5.74) is 0.347. The van der Waals surface area contributed by atoms with Crippen LogP contribution in [0.3, 0.4) is 0 Å². The summed E-state index contributed by atoms with van der Waals surface area (Å²) in [7, 11) is 0. The van der Waals surface area contributed by atoms with Crippen molar-refractivity contribution in [2.24, 2.45) is 0 Å². The summed E-state index contributed by atoms with van der Waals surface area (Å²) in [6, 6.07) is 0. The third-order valence-electron chi connectivity index (χ3n) is 2.91. The van der Waals surface area contributed by atoms with Gasteiger partial charge >= 0.3 is 11.9 Å². The number of rotatable bonds is 12. The Bertz CT molecular complexity index is 297. The lowest BCUT2D eigenvalue weighted by Gasteiger charge is -2.06. The van der Waals surface area contributed by atoms with Crippen LogP contribution in [0.15, 0.2) is 12.2 Å². The molecule has 0 bridgehead atoms. The second kappa shape index (κ2) is 12.7. The van der Waals surface area contributed by atoms with Crippen LogP contribution in [0, 0.1) is 0 Å². The molecule has 20 heavy (non-hydrogen) atoms. The van der Waals surface area contributed by atoms with Crippen LogP contribution in [0.25, 0.3) is 0 Å². The maximum atomic E-state index is 11.4. The molecule has 0 N–H and O–H groups in total. The molecule has 0 saturated carbocycles. The Labute approximate surface area is 122 Å². The van der Waals surface area contributed by atoms with Crippen LogP contribution in [0.2, 0.25) is 0 Å². The minimum absolute atomic E-state index is 0.0917. The van der Waals surface area contributed by atoms with Crippen molar-refractivity contribution in [2.75, 3.05) is 13.2 Å². The molecule has 0 saturated heterocycles. The molecule has 4 nitrogen and oxygen atoms in total. The molecular formula is C16H28O4. The fourth-order valence-corrected chi connectivity index (χ4v) is 1.71. The topological polar surface area (TPSA) is 52.6 Å². The highest BCUT2D eigenvalue weighted by molar-refractivity contribution is 5.86. The first-order valence-corrected chi connectivity index (χ1v) is 7.56. The van der Waals surface area contributed by atoms with Gasteiger partial charge in [0.25, 0.3) is 0 Å². The molecule has 0 aromatic heterocycles. The molecule has 0 fully saturated rings. The molecule has 0 aromatic rings. The normalized spacial score (nSPS) is 10.1. The molecule has 4 heteroatoms. The number of unbranched alkanes of at least 4 members (excludes halogenated alkanes) is 6. The Hall–Kier alpha value is -1.32. The summed E-state index contributed by atoms with van der Waals surface area (Å²) in [5.74, 6) is -0.668. The van der Waals surface area contributed by atoms with Gasteiger partial charge in [0.05, 0.1) is 0 Å². The molecule has 0 aliphatic heterocycles.